The van der Waals surface area contributed by atoms with Crippen molar-refractivity contribution in [1.82, 2.24) is 0 Å². The van der Waals surface area contributed by atoms with Crippen molar-refractivity contribution in [2.24, 2.45) is 0 Å². The molecule has 0 amide bonds. The van der Waals surface area contributed by atoms with Gasteiger partial charge in [-0.3, -0.25) is 0 Å². The average molecular weight is 346 g/mol. The summed E-state index contributed by atoms with van der Waals surface area (Å²) in [7, 11) is 7.23. The number of hydrogen-bond donors (Lipinski definition) is 0. The third kappa shape index (κ3) is 2.43. The molecule has 0 bridgehead atoms. The van der Waals surface area contributed by atoms with Gasteiger partial charge >= 0.3 is 108 Å². The van der Waals surface area contributed by atoms with Crippen molar-refractivity contribution in [2.75, 3.05) is 0 Å². The molecule has 0 unspecified atom stereocenters. The van der Waals surface area contributed by atoms with Crippen molar-refractivity contribution < 1.29 is 0 Å². The summed E-state index contributed by atoms with van der Waals surface area (Å²) in [5.74, 6) is 0. The van der Waals surface area contributed by atoms with Gasteiger partial charge in [-0.25, -0.2) is 0 Å². The predicted octanol–water partition coefficient (Wildman–Crippen LogP) is 4.68. The summed E-state index contributed by atoms with van der Waals surface area (Å²) in [6, 6.07) is 10.7. The van der Waals surface area contributed by atoms with Crippen LogP contribution in [0.1, 0.15) is 41.5 Å². The van der Waals surface area contributed by atoms with Crippen LogP contribution >= 0.6 is 8.92 Å². The molecule has 0 aromatic heterocycles. The van der Waals surface area contributed by atoms with E-state index >= 15 is 0 Å². The normalized spacial score (nSPS) is 13.9. The Morgan fingerprint density at radius 2 is 1.19 bits per heavy atom. The third-order valence-corrected chi connectivity index (χ3v) is 27.3. The summed E-state index contributed by atoms with van der Waals surface area (Å²) < 4.78 is 1.85. The molecule has 90 valence electrons. The van der Waals surface area contributed by atoms with E-state index in [9.17, 15) is 0 Å². The fourth-order valence-electron chi connectivity index (χ4n) is 2.66. The van der Waals surface area contributed by atoms with Crippen molar-refractivity contribution in [2.45, 2.75) is 48.4 Å². The van der Waals surface area contributed by atoms with Gasteiger partial charge in [0.15, 0.2) is 0 Å². The molecule has 0 saturated carbocycles. The van der Waals surface area contributed by atoms with E-state index in [2.05, 4.69) is 71.9 Å². The summed E-state index contributed by atoms with van der Waals surface area (Å²) in [4.78, 5) is 0. The second-order valence-corrected chi connectivity index (χ2v) is 24.3. The average Bonchev–Trinajstić information content (AvgIpc) is 2.14. The van der Waals surface area contributed by atoms with Crippen LogP contribution in [0.5, 0.6) is 0 Å². The minimum atomic E-state index is -2.93. The van der Waals surface area contributed by atoms with Crippen LogP contribution in [0.4, 0.5) is 0 Å². The number of halogens is 1. The van der Waals surface area contributed by atoms with E-state index in [-0.39, 0.29) is 6.86 Å². The molecule has 2 heteroatoms. The summed E-state index contributed by atoms with van der Waals surface area (Å²) in [6.45, 7) is 13.8. The van der Waals surface area contributed by atoms with Crippen LogP contribution in [0, 0.1) is 0 Å². The standard InChI is InChI=1S/C6H5.2C4H9.ClH.Sn/c1-2-4-6-5-3-1;2*1-4(2)3;;/h1-5H;2*1-3H3;1H;/q;;;;+1/p-1. The van der Waals surface area contributed by atoms with E-state index in [1.807, 2.05) is 0 Å². The predicted molar refractivity (Wildman–Crippen MR) is 77.1 cm³/mol. The minimum absolute atomic E-state index is 0.218. The van der Waals surface area contributed by atoms with Gasteiger partial charge in [0.25, 0.3) is 0 Å². The quantitative estimate of drug-likeness (QED) is 0.649. The van der Waals surface area contributed by atoms with E-state index in [0.717, 1.165) is 0 Å². The molecule has 1 rings (SSSR count). The Hall–Kier alpha value is 0.309. The first-order valence-electron chi connectivity index (χ1n) is 5.85. The Labute approximate surface area is 108 Å². The van der Waals surface area contributed by atoms with Gasteiger partial charge in [0, 0.05) is 0 Å². The maximum absolute atomic E-state index is 7.23. The molecule has 0 aliphatic carbocycles. The van der Waals surface area contributed by atoms with Crippen LogP contribution in [-0.4, -0.2) is 17.3 Å². The van der Waals surface area contributed by atoms with Crippen molar-refractivity contribution in [3.05, 3.63) is 30.3 Å². The first-order valence-corrected chi connectivity index (χ1v) is 13.7. The molecule has 0 fully saturated rings. The Balaban J connectivity index is 3.39. The zero-order valence-corrected chi connectivity index (χ0v) is 14.9. The van der Waals surface area contributed by atoms with E-state index in [1.165, 1.54) is 3.58 Å². The van der Waals surface area contributed by atoms with Crippen molar-refractivity contribution >= 4 is 29.8 Å². The van der Waals surface area contributed by atoms with E-state index in [1.54, 1.807) is 0 Å². The van der Waals surface area contributed by atoms with Gasteiger partial charge < -0.3 is 0 Å². The fraction of sp³-hybridized carbons (Fsp3) is 0.571. The van der Waals surface area contributed by atoms with Gasteiger partial charge in [0.05, 0.1) is 0 Å². The molecule has 16 heavy (non-hydrogen) atoms. The first-order chi connectivity index (χ1) is 7.11. The number of hydrogen-bond acceptors (Lipinski definition) is 0. The van der Waals surface area contributed by atoms with Crippen LogP contribution in [0.25, 0.3) is 0 Å². The molecular formula is C14H23ClSn. The molecule has 0 nitrogen and oxygen atoms in total. The van der Waals surface area contributed by atoms with Crippen LogP contribution in [0.2, 0.25) is 6.86 Å². The summed E-state index contributed by atoms with van der Waals surface area (Å²) in [5.41, 5.74) is 0. The summed E-state index contributed by atoms with van der Waals surface area (Å²) in [5, 5.41) is 0. The molecule has 1 aromatic rings. The zero-order chi connectivity index (χ0) is 12.6. The Kier molecular flexibility index (Phi) is 4.07. The van der Waals surface area contributed by atoms with Crippen molar-refractivity contribution in [3.63, 3.8) is 0 Å². The summed E-state index contributed by atoms with van der Waals surface area (Å²) in [6.07, 6.45) is 0. The molecule has 0 spiro atoms. The van der Waals surface area contributed by atoms with Gasteiger partial charge in [-0.2, -0.15) is 0 Å². The molecule has 0 heterocycles. The van der Waals surface area contributed by atoms with Gasteiger partial charge in [-0.15, -0.1) is 0 Å². The number of rotatable bonds is 1. The monoisotopic (exact) mass is 346 g/mol. The summed E-state index contributed by atoms with van der Waals surface area (Å²) >= 11 is -2.93. The number of benzene rings is 1. The molecule has 0 N–H and O–H groups in total. The van der Waals surface area contributed by atoms with Crippen LogP contribution in [-0.2, 0) is 0 Å². The molecule has 0 radical (unpaired) electrons. The zero-order valence-electron chi connectivity index (χ0n) is 11.3. The van der Waals surface area contributed by atoms with E-state index in [4.69, 9.17) is 8.92 Å². The molecule has 0 saturated heterocycles. The fourth-order valence-corrected chi connectivity index (χ4v) is 16.7. The van der Waals surface area contributed by atoms with Gasteiger partial charge in [0.2, 0.25) is 0 Å². The molecule has 1 aromatic carbocycles. The second kappa shape index (κ2) is 4.53. The SMILES string of the molecule is C[C](C)(C)[Sn]([Cl])([c]1ccccc1)[C](C)(C)C. The van der Waals surface area contributed by atoms with Crippen LogP contribution < -0.4 is 3.58 Å². The Morgan fingerprint density at radius 1 is 0.812 bits per heavy atom. The maximum atomic E-state index is 7.23. The molecule has 0 atom stereocenters. The van der Waals surface area contributed by atoms with Crippen molar-refractivity contribution in [3.8, 4) is 0 Å². The third-order valence-electron chi connectivity index (χ3n) is 3.24. The van der Waals surface area contributed by atoms with Gasteiger partial charge in [-0.05, 0) is 0 Å². The van der Waals surface area contributed by atoms with Gasteiger partial charge in [0.1, 0.15) is 0 Å². The molecule has 0 aliphatic heterocycles. The van der Waals surface area contributed by atoms with Crippen LogP contribution in [0.15, 0.2) is 30.3 Å². The molecule has 0 aliphatic rings. The molecular weight excluding hydrogens is 322 g/mol. The Morgan fingerprint density at radius 3 is 1.50 bits per heavy atom. The Bertz CT molecular complexity index is 329. The van der Waals surface area contributed by atoms with E-state index < -0.39 is 17.3 Å². The van der Waals surface area contributed by atoms with Crippen molar-refractivity contribution in [1.29, 1.82) is 0 Å². The second-order valence-electron chi connectivity index (χ2n) is 6.52. The first kappa shape index (κ1) is 14.4. The topological polar surface area (TPSA) is 0 Å². The van der Waals surface area contributed by atoms with E-state index in [0.29, 0.717) is 0 Å². The van der Waals surface area contributed by atoms with Crippen LogP contribution in [0.3, 0.4) is 0 Å². The van der Waals surface area contributed by atoms with Gasteiger partial charge in [-0.1, -0.05) is 0 Å².